The van der Waals surface area contributed by atoms with Crippen LogP contribution in [0.2, 0.25) is 0 Å². The number of aromatic nitrogens is 4. The monoisotopic (exact) mass is 404 g/mol. The molecule has 0 spiro atoms. The Labute approximate surface area is 170 Å². The molecule has 5 aromatic rings. The van der Waals surface area contributed by atoms with Crippen LogP contribution in [-0.2, 0) is 0 Å². The van der Waals surface area contributed by atoms with Gasteiger partial charge in [0.15, 0.2) is 5.16 Å². The molecule has 5 nitrogen and oxygen atoms in total. The highest BCUT2D eigenvalue weighted by molar-refractivity contribution is 7.99. The fourth-order valence-corrected chi connectivity index (χ4v) is 4.63. The normalized spacial score (nSPS) is 12.5. The molecule has 0 radical (unpaired) electrons. The molecule has 1 unspecified atom stereocenters. The molecule has 28 heavy (non-hydrogen) atoms. The third-order valence-electron chi connectivity index (χ3n) is 4.35. The predicted octanol–water partition coefficient (Wildman–Crippen LogP) is 5.99. The molecule has 3 heterocycles. The van der Waals surface area contributed by atoms with E-state index < -0.39 is 0 Å². The zero-order valence-corrected chi connectivity index (χ0v) is 16.7. The van der Waals surface area contributed by atoms with Crippen molar-refractivity contribution >= 4 is 34.1 Å². The molecule has 7 heteroatoms. The minimum absolute atomic E-state index is 0.0273. The average Bonchev–Trinajstić information content (AvgIpc) is 3.47. The fraction of sp³-hybridized carbons (Fsp3) is 0.0952. The third kappa shape index (κ3) is 3.12. The van der Waals surface area contributed by atoms with Crippen LogP contribution in [0.1, 0.15) is 18.1 Å². The highest BCUT2D eigenvalue weighted by Crippen LogP contribution is 2.38. The molecule has 0 saturated heterocycles. The van der Waals surface area contributed by atoms with Gasteiger partial charge in [0.05, 0.1) is 21.2 Å². The van der Waals surface area contributed by atoms with E-state index in [9.17, 15) is 0 Å². The summed E-state index contributed by atoms with van der Waals surface area (Å²) in [6.45, 7) is 2.06. The van der Waals surface area contributed by atoms with Crippen molar-refractivity contribution in [2.24, 2.45) is 0 Å². The SMILES string of the molecule is CC(Sc1nc2ccccc2n1-c1ccccc1)c1nnc(-c2cccs2)o1. The maximum absolute atomic E-state index is 5.91. The first-order valence-corrected chi connectivity index (χ1v) is 10.6. The molecule has 3 aromatic heterocycles. The van der Waals surface area contributed by atoms with Crippen LogP contribution >= 0.6 is 23.1 Å². The van der Waals surface area contributed by atoms with E-state index in [1.165, 1.54) is 0 Å². The average molecular weight is 405 g/mol. The Morgan fingerprint density at radius 2 is 1.79 bits per heavy atom. The van der Waals surface area contributed by atoms with Gasteiger partial charge in [-0.2, -0.15) is 0 Å². The van der Waals surface area contributed by atoms with Crippen molar-refractivity contribution in [2.45, 2.75) is 17.3 Å². The number of thioether (sulfide) groups is 1. The number of rotatable bonds is 5. The summed E-state index contributed by atoms with van der Waals surface area (Å²) in [5.41, 5.74) is 3.12. The topological polar surface area (TPSA) is 56.7 Å². The second-order valence-corrected chi connectivity index (χ2v) is 8.49. The summed E-state index contributed by atoms with van der Waals surface area (Å²) in [4.78, 5) is 5.83. The maximum Gasteiger partial charge on any atom is 0.257 e. The highest BCUT2D eigenvalue weighted by Gasteiger charge is 2.21. The van der Waals surface area contributed by atoms with Gasteiger partial charge in [-0.15, -0.1) is 21.5 Å². The van der Waals surface area contributed by atoms with Crippen molar-refractivity contribution in [3.8, 4) is 16.5 Å². The lowest BCUT2D eigenvalue weighted by atomic mass is 10.3. The van der Waals surface area contributed by atoms with Crippen molar-refractivity contribution in [3.63, 3.8) is 0 Å². The standard InChI is InChI=1S/C21H16N4OS2/c1-14(19-23-24-20(26-19)18-12-7-13-27-18)28-21-22-16-10-5-6-11-17(16)25(21)15-8-3-2-4-9-15/h2-14H,1H3. The predicted molar refractivity (Wildman–Crippen MR) is 113 cm³/mol. The number of benzene rings is 2. The Bertz CT molecular complexity index is 1210. The summed E-state index contributed by atoms with van der Waals surface area (Å²) in [6, 6.07) is 22.4. The molecule has 5 rings (SSSR count). The third-order valence-corrected chi connectivity index (χ3v) is 6.24. The van der Waals surface area contributed by atoms with Gasteiger partial charge >= 0.3 is 0 Å². The van der Waals surface area contributed by atoms with E-state index >= 15 is 0 Å². The summed E-state index contributed by atoms with van der Waals surface area (Å²) < 4.78 is 8.09. The van der Waals surface area contributed by atoms with Gasteiger partial charge in [0.25, 0.3) is 5.89 Å². The first-order valence-electron chi connectivity index (χ1n) is 8.86. The minimum atomic E-state index is -0.0273. The Morgan fingerprint density at radius 1 is 0.964 bits per heavy atom. The zero-order chi connectivity index (χ0) is 18.9. The fourth-order valence-electron chi connectivity index (χ4n) is 3.02. The van der Waals surface area contributed by atoms with E-state index in [-0.39, 0.29) is 5.25 Å². The largest absolute Gasteiger partial charge is 0.419 e. The summed E-state index contributed by atoms with van der Waals surface area (Å²) >= 11 is 3.20. The zero-order valence-electron chi connectivity index (χ0n) is 15.0. The second-order valence-electron chi connectivity index (χ2n) is 6.24. The molecule has 0 aliphatic heterocycles. The second kappa shape index (κ2) is 7.26. The van der Waals surface area contributed by atoms with E-state index in [1.54, 1.807) is 23.1 Å². The number of hydrogen-bond acceptors (Lipinski definition) is 6. The molecular formula is C21H16N4OS2. The molecule has 0 saturated carbocycles. The van der Waals surface area contributed by atoms with Gasteiger partial charge in [-0.25, -0.2) is 4.98 Å². The van der Waals surface area contributed by atoms with Crippen LogP contribution in [0.5, 0.6) is 0 Å². The molecule has 0 N–H and O–H groups in total. The number of hydrogen-bond donors (Lipinski definition) is 0. The van der Waals surface area contributed by atoms with Gasteiger partial charge in [0, 0.05) is 5.69 Å². The van der Waals surface area contributed by atoms with Crippen molar-refractivity contribution in [1.29, 1.82) is 0 Å². The van der Waals surface area contributed by atoms with E-state index in [4.69, 9.17) is 9.40 Å². The number of nitrogens with zero attached hydrogens (tertiary/aromatic N) is 4. The van der Waals surface area contributed by atoms with E-state index in [2.05, 4.69) is 39.9 Å². The minimum Gasteiger partial charge on any atom is -0.419 e. The number of imidazole rings is 1. The van der Waals surface area contributed by atoms with E-state index in [0.29, 0.717) is 11.8 Å². The molecule has 138 valence electrons. The van der Waals surface area contributed by atoms with Crippen molar-refractivity contribution in [1.82, 2.24) is 19.7 Å². The van der Waals surface area contributed by atoms with Crippen LogP contribution in [0.3, 0.4) is 0 Å². The Hall–Kier alpha value is -2.90. The van der Waals surface area contributed by atoms with Crippen LogP contribution < -0.4 is 0 Å². The molecule has 0 amide bonds. The molecule has 0 aliphatic rings. The van der Waals surface area contributed by atoms with Gasteiger partial charge < -0.3 is 4.42 Å². The van der Waals surface area contributed by atoms with Crippen molar-refractivity contribution in [3.05, 3.63) is 78.0 Å². The Morgan fingerprint density at radius 3 is 2.61 bits per heavy atom. The highest BCUT2D eigenvalue weighted by atomic mass is 32.2. The lowest BCUT2D eigenvalue weighted by Crippen LogP contribution is -1.98. The van der Waals surface area contributed by atoms with Crippen LogP contribution in [0, 0.1) is 0 Å². The van der Waals surface area contributed by atoms with E-state index in [1.807, 2.05) is 53.9 Å². The van der Waals surface area contributed by atoms with Gasteiger partial charge in [-0.1, -0.05) is 48.2 Å². The molecule has 0 bridgehead atoms. The molecule has 0 aliphatic carbocycles. The summed E-state index contributed by atoms with van der Waals surface area (Å²) in [7, 11) is 0. The van der Waals surface area contributed by atoms with E-state index in [0.717, 1.165) is 26.8 Å². The van der Waals surface area contributed by atoms with Crippen LogP contribution in [0.4, 0.5) is 0 Å². The van der Waals surface area contributed by atoms with Gasteiger partial charge in [-0.3, -0.25) is 4.57 Å². The summed E-state index contributed by atoms with van der Waals surface area (Å²) in [5, 5.41) is 11.3. The summed E-state index contributed by atoms with van der Waals surface area (Å²) in [5.74, 6) is 1.16. The quantitative estimate of drug-likeness (QED) is 0.337. The molecule has 2 aromatic carbocycles. The van der Waals surface area contributed by atoms with Gasteiger partial charge in [0.1, 0.15) is 0 Å². The van der Waals surface area contributed by atoms with Gasteiger partial charge in [-0.05, 0) is 42.6 Å². The molecule has 0 fully saturated rings. The number of thiophene rings is 1. The number of para-hydroxylation sites is 3. The van der Waals surface area contributed by atoms with Crippen LogP contribution in [-0.4, -0.2) is 19.7 Å². The van der Waals surface area contributed by atoms with Crippen LogP contribution in [0.25, 0.3) is 27.5 Å². The first kappa shape index (κ1) is 17.2. The Kier molecular flexibility index (Phi) is 4.46. The maximum atomic E-state index is 5.91. The smallest absolute Gasteiger partial charge is 0.257 e. The summed E-state index contributed by atoms with van der Waals surface area (Å²) in [6.07, 6.45) is 0. The van der Waals surface area contributed by atoms with Crippen molar-refractivity contribution < 1.29 is 4.42 Å². The lowest BCUT2D eigenvalue weighted by Gasteiger charge is -2.11. The van der Waals surface area contributed by atoms with Crippen LogP contribution in [0.15, 0.2) is 81.7 Å². The molecular weight excluding hydrogens is 388 g/mol. The lowest BCUT2D eigenvalue weighted by molar-refractivity contribution is 0.510. The molecule has 1 atom stereocenters. The first-order chi connectivity index (χ1) is 13.8. The number of fused-ring (bicyclic) bond motifs is 1. The Balaban J connectivity index is 1.51. The van der Waals surface area contributed by atoms with Crippen molar-refractivity contribution in [2.75, 3.05) is 0 Å². The van der Waals surface area contributed by atoms with Gasteiger partial charge in [0.2, 0.25) is 5.89 Å².